The molecule has 88 valence electrons. The zero-order chi connectivity index (χ0) is 12.1. The third kappa shape index (κ3) is 3.26. The van der Waals surface area contributed by atoms with Crippen LogP contribution in [0.3, 0.4) is 0 Å². The molecular weight excluding hydrogens is 200 g/mol. The summed E-state index contributed by atoms with van der Waals surface area (Å²) in [4.78, 5) is 12.2. The number of carbonyl (C=O) groups is 1. The van der Waals surface area contributed by atoms with E-state index in [-0.39, 0.29) is 6.04 Å². The van der Waals surface area contributed by atoms with Gasteiger partial charge in [-0.25, -0.2) is 0 Å². The van der Waals surface area contributed by atoms with Crippen LogP contribution >= 0.6 is 0 Å². The summed E-state index contributed by atoms with van der Waals surface area (Å²) in [5, 5.41) is 3.44. The average molecular weight is 220 g/mol. The standard InChI is InChI=1S/C13H20N2O/c1-10-6-5-7-11(2)13(10)14-12(3)8-15(4)9-16/h5-7,9,12,14H,8H2,1-4H3. The van der Waals surface area contributed by atoms with Gasteiger partial charge in [0.25, 0.3) is 0 Å². The summed E-state index contributed by atoms with van der Waals surface area (Å²) in [6.07, 6.45) is 0.850. The normalized spacial score (nSPS) is 12.0. The second-order valence-corrected chi connectivity index (χ2v) is 4.36. The van der Waals surface area contributed by atoms with Gasteiger partial charge in [-0.2, -0.15) is 0 Å². The Morgan fingerprint density at radius 3 is 2.44 bits per heavy atom. The Balaban J connectivity index is 2.69. The van der Waals surface area contributed by atoms with Crippen LogP contribution in [0.25, 0.3) is 0 Å². The maximum absolute atomic E-state index is 10.5. The highest BCUT2D eigenvalue weighted by molar-refractivity contribution is 5.57. The lowest BCUT2D eigenvalue weighted by Gasteiger charge is -2.22. The van der Waals surface area contributed by atoms with E-state index < -0.39 is 0 Å². The molecule has 0 aliphatic carbocycles. The molecule has 3 nitrogen and oxygen atoms in total. The monoisotopic (exact) mass is 220 g/mol. The van der Waals surface area contributed by atoms with Gasteiger partial charge < -0.3 is 10.2 Å². The molecule has 0 aromatic heterocycles. The molecule has 0 radical (unpaired) electrons. The number of rotatable bonds is 5. The molecule has 1 unspecified atom stereocenters. The molecule has 1 N–H and O–H groups in total. The number of anilines is 1. The molecule has 3 heteroatoms. The molecule has 1 rings (SSSR count). The zero-order valence-electron chi connectivity index (χ0n) is 10.4. The Labute approximate surface area is 97.5 Å². The maximum atomic E-state index is 10.5. The summed E-state index contributed by atoms with van der Waals surface area (Å²) in [6, 6.07) is 6.48. The van der Waals surface area contributed by atoms with Gasteiger partial charge in [0.1, 0.15) is 0 Å². The molecule has 1 atom stereocenters. The minimum Gasteiger partial charge on any atom is -0.380 e. The van der Waals surface area contributed by atoms with E-state index in [2.05, 4.69) is 44.3 Å². The Kier molecular flexibility index (Phi) is 4.35. The fraction of sp³-hybridized carbons (Fsp3) is 0.462. The molecule has 16 heavy (non-hydrogen) atoms. The second-order valence-electron chi connectivity index (χ2n) is 4.36. The molecule has 0 saturated heterocycles. The third-order valence-corrected chi connectivity index (χ3v) is 2.61. The van der Waals surface area contributed by atoms with Crippen molar-refractivity contribution in [3.63, 3.8) is 0 Å². The number of likely N-dealkylation sites (N-methyl/N-ethyl adjacent to an activating group) is 1. The molecule has 1 aromatic rings. The number of nitrogens with one attached hydrogen (secondary N) is 1. The molecule has 0 aliphatic rings. The number of nitrogens with zero attached hydrogens (tertiary/aromatic N) is 1. The summed E-state index contributed by atoms with van der Waals surface area (Å²) in [7, 11) is 1.79. The van der Waals surface area contributed by atoms with Gasteiger partial charge in [0, 0.05) is 25.3 Å². The predicted molar refractivity (Wildman–Crippen MR) is 67.7 cm³/mol. The molecular formula is C13H20N2O. The van der Waals surface area contributed by atoms with Gasteiger partial charge in [0.2, 0.25) is 6.41 Å². The number of carbonyl (C=O) groups excluding carboxylic acids is 1. The quantitative estimate of drug-likeness (QED) is 0.771. The lowest BCUT2D eigenvalue weighted by molar-refractivity contribution is -0.117. The van der Waals surface area contributed by atoms with Crippen molar-refractivity contribution >= 4 is 12.1 Å². The number of hydrogen-bond donors (Lipinski definition) is 1. The summed E-state index contributed by atoms with van der Waals surface area (Å²) in [6.45, 7) is 6.96. The van der Waals surface area contributed by atoms with Crippen LogP contribution in [0.2, 0.25) is 0 Å². The fourth-order valence-electron chi connectivity index (χ4n) is 1.81. The van der Waals surface area contributed by atoms with E-state index >= 15 is 0 Å². The topological polar surface area (TPSA) is 32.3 Å². The first kappa shape index (κ1) is 12.6. The highest BCUT2D eigenvalue weighted by Crippen LogP contribution is 2.20. The summed E-state index contributed by atoms with van der Waals surface area (Å²) in [5.41, 5.74) is 3.65. The van der Waals surface area contributed by atoms with Crippen LogP contribution in [0, 0.1) is 13.8 Å². The average Bonchev–Trinajstić information content (AvgIpc) is 2.23. The van der Waals surface area contributed by atoms with Crippen LogP contribution in [0.4, 0.5) is 5.69 Å². The zero-order valence-corrected chi connectivity index (χ0v) is 10.4. The van der Waals surface area contributed by atoms with Crippen molar-refractivity contribution < 1.29 is 4.79 Å². The van der Waals surface area contributed by atoms with Crippen molar-refractivity contribution in [2.24, 2.45) is 0 Å². The van der Waals surface area contributed by atoms with E-state index in [0.29, 0.717) is 6.54 Å². The van der Waals surface area contributed by atoms with Crippen molar-refractivity contribution in [3.05, 3.63) is 29.3 Å². The van der Waals surface area contributed by atoms with Crippen LogP contribution in [0.1, 0.15) is 18.1 Å². The Bertz CT molecular complexity index is 343. The first-order valence-electron chi connectivity index (χ1n) is 5.53. The van der Waals surface area contributed by atoms with Gasteiger partial charge in [-0.05, 0) is 31.9 Å². The van der Waals surface area contributed by atoms with Gasteiger partial charge in [-0.3, -0.25) is 4.79 Å². The summed E-state index contributed by atoms with van der Waals surface area (Å²) < 4.78 is 0. The van der Waals surface area contributed by atoms with Crippen LogP contribution in [-0.2, 0) is 4.79 Å². The number of benzene rings is 1. The summed E-state index contributed by atoms with van der Waals surface area (Å²) in [5.74, 6) is 0. The minimum absolute atomic E-state index is 0.245. The Morgan fingerprint density at radius 1 is 1.38 bits per heavy atom. The van der Waals surface area contributed by atoms with Gasteiger partial charge in [0.05, 0.1) is 0 Å². The molecule has 0 spiro atoms. The second kappa shape index (κ2) is 5.54. The molecule has 0 heterocycles. The smallest absolute Gasteiger partial charge is 0.209 e. The minimum atomic E-state index is 0.245. The van der Waals surface area contributed by atoms with Crippen molar-refractivity contribution in [2.45, 2.75) is 26.8 Å². The number of hydrogen-bond acceptors (Lipinski definition) is 2. The van der Waals surface area contributed by atoms with Crippen LogP contribution in [-0.4, -0.2) is 30.9 Å². The predicted octanol–water partition coefficient (Wildman–Crippen LogP) is 2.19. The lowest BCUT2D eigenvalue weighted by atomic mass is 10.1. The SMILES string of the molecule is Cc1cccc(C)c1NC(C)CN(C)C=O. The van der Waals surface area contributed by atoms with Crippen LogP contribution in [0.15, 0.2) is 18.2 Å². The van der Waals surface area contributed by atoms with E-state index in [0.717, 1.165) is 6.41 Å². The van der Waals surface area contributed by atoms with Crippen molar-refractivity contribution in [1.82, 2.24) is 4.90 Å². The van der Waals surface area contributed by atoms with Gasteiger partial charge in [0.15, 0.2) is 0 Å². The molecule has 1 aromatic carbocycles. The number of para-hydroxylation sites is 1. The number of aryl methyl sites for hydroxylation is 2. The van der Waals surface area contributed by atoms with Crippen LogP contribution in [0.5, 0.6) is 0 Å². The van der Waals surface area contributed by atoms with E-state index in [9.17, 15) is 4.79 Å². The number of amides is 1. The van der Waals surface area contributed by atoms with Crippen molar-refractivity contribution in [3.8, 4) is 0 Å². The molecule has 0 fully saturated rings. The lowest BCUT2D eigenvalue weighted by Crippen LogP contribution is -2.31. The van der Waals surface area contributed by atoms with E-state index in [1.165, 1.54) is 16.8 Å². The molecule has 0 bridgehead atoms. The molecule has 0 aliphatic heterocycles. The summed E-state index contributed by atoms with van der Waals surface area (Å²) >= 11 is 0. The van der Waals surface area contributed by atoms with Crippen LogP contribution < -0.4 is 5.32 Å². The Hall–Kier alpha value is -1.51. The van der Waals surface area contributed by atoms with Crippen molar-refractivity contribution in [1.29, 1.82) is 0 Å². The van der Waals surface area contributed by atoms with Gasteiger partial charge in [-0.1, -0.05) is 18.2 Å². The molecule has 0 saturated carbocycles. The third-order valence-electron chi connectivity index (χ3n) is 2.61. The molecule has 1 amide bonds. The first-order chi connectivity index (χ1) is 7.54. The van der Waals surface area contributed by atoms with Gasteiger partial charge >= 0.3 is 0 Å². The van der Waals surface area contributed by atoms with E-state index in [1.54, 1.807) is 11.9 Å². The maximum Gasteiger partial charge on any atom is 0.209 e. The highest BCUT2D eigenvalue weighted by atomic mass is 16.1. The van der Waals surface area contributed by atoms with Gasteiger partial charge in [-0.15, -0.1) is 0 Å². The van der Waals surface area contributed by atoms with E-state index in [4.69, 9.17) is 0 Å². The first-order valence-corrected chi connectivity index (χ1v) is 5.53. The largest absolute Gasteiger partial charge is 0.380 e. The fourth-order valence-corrected chi connectivity index (χ4v) is 1.81. The van der Waals surface area contributed by atoms with Crippen molar-refractivity contribution in [2.75, 3.05) is 18.9 Å². The Morgan fingerprint density at radius 2 is 1.94 bits per heavy atom. The van der Waals surface area contributed by atoms with E-state index in [1.807, 2.05) is 0 Å². The highest BCUT2D eigenvalue weighted by Gasteiger charge is 2.07.